The van der Waals surface area contributed by atoms with E-state index in [9.17, 15) is 4.79 Å². The molecule has 1 amide bonds. The van der Waals surface area contributed by atoms with Crippen LogP contribution in [0.2, 0.25) is 0 Å². The molecule has 4 aromatic rings. The van der Waals surface area contributed by atoms with Crippen molar-refractivity contribution in [2.24, 2.45) is 7.05 Å². The summed E-state index contributed by atoms with van der Waals surface area (Å²) in [6, 6.07) is 24.5. The highest BCUT2D eigenvalue weighted by atomic mass is 16.5. The normalized spacial score (nSPS) is 10.7. The van der Waals surface area contributed by atoms with Crippen molar-refractivity contribution in [2.75, 3.05) is 11.9 Å². The van der Waals surface area contributed by atoms with Gasteiger partial charge < -0.3 is 19.4 Å². The van der Waals surface area contributed by atoms with Crippen molar-refractivity contribution in [3.63, 3.8) is 0 Å². The zero-order valence-electron chi connectivity index (χ0n) is 16.0. The molecular weight excluding hydrogens is 366 g/mol. The standard InChI is InChI=1S/C23H21N3O3/c1-26-20-13-7-5-11-18(20)24-22(26)15-29-21-14-8-6-12-19(21)25-23(27)16-28-17-9-3-2-4-10-17/h2-14H,15-16H2,1H3,(H,25,27). The van der Waals surface area contributed by atoms with Gasteiger partial charge in [0, 0.05) is 7.05 Å². The summed E-state index contributed by atoms with van der Waals surface area (Å²) in [5.41, 5.74) is 2.56. The molecule has 0 bridgehead atoms. The number of nitrogens with one attached hydrogen (secondary N) is 1. The van der Waals surface area contributed by atoms with Crippen LogP contribution in [0, 0.1) is 0 Å². The van der Waals surface area contributed by atoms with Crippen LogP contribution < -0.4 is 14.8 Å². The summed E-state index contributed by atoms with van der Waals surface area (Å²) in [4.78, 5) is 16.9. The third-order valence-electron chi connectivity index (χ3n) is 4.51. The van der Waals surface area contributed by atoms with Gasteiger partial charge in [0.15, 0.2) is 6.61 Å². The topological polar surface area (TPSA) is 65.4 Å². The van der Waals surface area contributed by atoms with Crippen molar-refractivity contribution >= 4 is 22.6 Å². The monoisotopic (exact) mass is 387 g/mol. The molecule has 3 aromatic carbocycles. The second-order valence-electron chi connectivity index (χ2n) is 6.51. The Balaban J connectivity index is 1.41. The molecule has 0 aliphatic heterocycles. The number of hydrogen-bond acceptors (Lipinski definition) is 4. The van der Waals surface area contributed by atoms with E-state index in [0.717, 1.165) is 16.9 Å². The number of rotatable bonds is 7. The molecule has 0 spiro atoms. The molecular formula is C23H21N3O3. The number of aromatic nitrogens is 2. The van der Waals surface area contributed by atoms with Crippen LogP contribution in [-0.2, 0) is 18.4 Å². The summed E-state index contributed by atoms with van der Waals surface area (Å²) in [5, 5.41) is 2.84. The number of fused-ring (bicyclic) bond motifs is 1. The van der Waals surface area contributed by atoms with E-state index in [1.165, 1.54) is 0 Å². The van der Waals surface area contributed by atoms with Gasteiger partial charge in [-0.3, -0.25) is 4.79 Å². The van der Waals surface area contributed by atoms with Crippen molar-refractivity contribution in [2.45, 2.75) is 6.61 Å². The summed E-state index contributed by atoms with van der Waals surface area (Å²) in [6.45, 7) is 0.210. The van der Waals surface area contributed by atoms with E-state index in [0.29, 0.717) is 23.8 Å². The number of ether oxygens (including phenoxy) is 2. The Morgan fingerprint density at radius 3 is 2.48 bits per heavy atom. The van der Waals surface area contributed by atoms with Crippen LogP contribution >= 0.6 is 0 Å². The van der Waals surface area contributed by atoms with Crippen molar-refractivity contribution in [3.05, 3.63) is 84.7 Å². The molecule has 0 saturated heterocycles. The Morgan fingerprint density at radius 1 is 0.931 bits per heavy atom. The number of imidazole rings is 1. The molecule has 0 unspecified atom stereocenters. The van der Waals surface area contributed by atoms with Crippen molar-refractivity contribution < 1.29 is 14.3 Å². The summed E-state index contributed by atoms with van der Waals surface area (Å²) >= 11 is 0. The summed E-state index contributed by atoms with van der Waals surface area (Å²) in [5.74, 6) is 1.77. The average molecular weight is 387 g/mol. The smallest absolute Gasteiger partial charge is 0.262 e. The van der Waals surface area contributed by atoms with Crippen LogP contribution in [-0.4, -0.2) is 22.1 Å². The molecule has 0 aliphatic carbocycles. The quantitative estimate of drug-likeness (QED) is 0.517. The Bertz CT molecular complexity index is 1120. The molecule has 0 saturated carbocycles. The summed E-state index contributed by atoms with van der Waals surface area (Å²) < 4.78 is 13.5. The number of amides is 1. The third-order valence-corrected chi connectivity index (χ3v) is 4.51. The molecule has 0 atom stereocenters. The number of anilines is 1. The van der Waals surface area contributed by atoms with Crippen LogP contribution in [0.1, 0.15) is 5.82 Å². The van der Waals surface area contributed by atoms with E-state index in [-0.39, 0.29) is 12.5 Å². The van der Waals surface area contributed by atoms with Crippen LogP contribution in [0.3, 0.4) is 0 Å². The first kappa shape index (κ1) is 18.6. The molecule has 0 radical (unpaired) electrons. The van der Waals surface area contributed by atoms with Gasteiger partial charge in [-0.2, -0.15) is 0 Å². The molecule has 4 rings (SSSR count). The molecule has 1 aromatic heterocycles. The molecule has 0 fully saturated rings. The average Bonchev–Trinajstić information content (AvgIpc) is 3.08. The van der Waals surface area contributed by atoms with Gasteiger partial charge in [-0.05, 0) is 36.4 Å². The fourth-order valence-corrected chi connectivity index (χ4v) is 3.01. The fourth-order valence-electron chi connectivity index (χ4n) is 3.01. The van der Waals surface area contributed by atoms with Gasteiger partial charge in [-0.25, -0.2) is 4.98 Å². The van der Waals surface area contributed by atoms with Crippen molar-refractivity contribution in [3.8, 4) is 11.5 Å². The first-order valence-corrected chi connectivity index (χ1v) is 9.30. The number of benzene rings is 3. The number of carbonyl (C=O) groups is 1. The molecule has 1 N–H and O–H groups in total. The zero-order valence-corrected chi connectivity index (χ0v) is 16.0. The lowest BCUT2D eigenvalue weighted by molar-refractivity contribution is -0.118. The minimum Gasteiger partial charge on any atom is -0.484 e. The van der Waals surface area contributed by atoms with E-state index >= 15 is 0 Å². The lowest BCUT2D eigenvalue weighted by Crippen LogP contribution is -2.20. The molecule has 6 nitrogen and oxygen atoms in total. The Labute approximate surface area is 168 Å². The number of carbonyl (C=O) groups excluding carboxylic acids is 1. The van der Waals surface area contributed by atoms with Crippen molar-refractivity contribution in [1.82, 2.24) is 9.55 Å². The first-order chi connectivity index (χ1) is 14.2. The fraction of sp³-hybridized carbons (Fsp3) is 0.130. The maximum atomic E-state index is 12.3. The second kappa shape index (κ2) is 8.48. The summed E-state index contributed by atoms with van der Waals surface area (Å²) in [7, 11) is 1.96. The van der Waals surface area contributed by atoms with Gasteiger partial charge in [-0.1, -0.05) is 42.5 Å². The molecule has 29 heavy (non-hydrogen) atoms. The van der Waals surface area contributed by atoms with Gasteiger partial charge in [0.05, 0.1) is 16.7 Å². The lowest BCUT2D eigenvalue weighted by Gasteiger charge is -2.13. The number of hydrogen-bond donors (Lipinski definition) is 1. The van der Waals surface area contributed by atoms with Gasteiger partial charge in [0.1, 0.15) is 23.9 Å². The van der Waals surface area contributed by atoms with Crippen LogP contribution in [0.5, 0.6) is 11.5 Å². The Kier molecular flexibility index (Phi) is 5.42. The Morgan fingerprint density at radius 2 is 1.66 bits per heavy atom. The first-order valence-electron chi connectivity index (χ1n) is 9.30. The Hall–Kier alpha value is -3.80. The maximum Gasteiger partial charge on any atom is 0.262 e. The van der Waals surface area contributed by atoms with Gasteiger partial charge in [0.2, 0.25) is 0 Å². The van der Waals surface area contributed by atoms with Gasteiger partial charge >= 0.3 is 0 Å². The minimum atomic E-state index is -0.257. The van der Waals surface area contributed by atoms with E-state index in [1.54, 1.807) is 18.2 Å². The lowest BCUT2D eigenvalue weighted by atomic mass is 10.3. The van der Waals surface area contributed by atoms with Crippen LogP contribution in [0.4, 0.5) is 5.69 Å². The highest BCUT2D eigenvalue weighted by Crippen LogP contribution is 2.25. The van der Waals surface area contributed by atoms with E-state index in [4.69, 9.17) is 9.47 Å². The van der Waals surface area contributed by atoms with E-state index in [1.807, 2.05) is 72.3 Å². The van der Waals surface area contributed by atoms with Crippen LogP contribution in [0.15, 0.2) is 78.9 Å². The van der Waals surface area contributed by atoms with Crippen molar-refractivity contribution in [1.29, 1.82) is 0 Å². The van der Waals surface area contributed by atoms with E-state index in [2.05, 4.69) is 10.3 Å². The summed E-state index contributed by atoms with van der Waals surface area (Å²) in [6.07, 6.45) is 0. The number of para-hydroxylation sites is 5. The predicted molar refractivity (Wildman–Crippen MR) is 112 cm³/mol. The zero-order chi connectivity index (χ0) is 20.1. The maximum absolute atomic E-state index is 12.3. The van der Waals surface area contributed by atoms with E-state index < -0.39 is 0 Å². The largest absolute Gasteiger partial charge is 0.484 e. The molecule has 1 heterocycles. The number of nitrogens with zero attached hydrogens (tertiary/aromatic N) is 2. The predicted octanol–water partition coefficient (Wildman–Crippen LogP) is 4.17. The highest BCUT2D eigenvalue weighted by molar-refractivity contribution is 5.93. The van der Waals surface area contributed by atoms with Gasteiger partial charge in [-0.15, -0.1) is 0 Å². The third kappa shape index (κ3) is 4.38. The second-order valence-corrected chi connectivity index (χ2v) is 6.51. The highest BCUT2D eigenvalue weighted by Gasteiger charge is 2.11. The SMILES string of the molecule is Cn1c(COc2ccccc2NC(=O)COc2ccccc2)nc2ccccc21. The molecule has 6 heteroatoms. The van der Waals surface area contributed by atoms with Gasteiger partial charge in [0.25, 0.3) is 5.91 Å². The number of aryl methyl sites for hydroxylation is 1. The minimum absolute atomic E-state index is 0.0803. The molecule has 146 valence electrons. The van der Waals surface area contributed by atoms with Crippen LogP contribution in [0.25, 0.3) is 11.0 Å². The molecule has 0 aliphatic rings.